The van der Waals surface area contributed by atoms with Crippen LogP contribution in [0.15, 0.2) is 36.5 Å². The highest BCUT2D eigenvalue weighted by Gasteiger charge is 2.14. The van der Waals surface area contributed by atoms with Crippen molar-refractivity contribution < 1.29 is 5.11 Å². The van der Waals surface area contributed by atoms with Crippen LogP contribution in [0.3, 0.4) is 0 Å². The number of nitrogens with zero attached hydrogens (tertiary/aromatic N) is 3. The summed E-state index contributed by atoms with van der Waals surface area (Å²) in [7, 11) is 1.95. The summed E-state index contributed by atoms with van der Waals surface area (Å²) in [5.41, 5.74) is 2.72. The number of pyridine rings is 1. The Morgan fingerprint density at radius 3 is 2.94 bits per heavy atom. The monoisotopic (exact) mass is 231 g/mol. The summed E-state index contributed by atoms with van der Waals surface area (Å²) < 4.78 is 1.91. The first kappa shape index (κ1) is 11.7. The molecule has 0 saturated carbocycles. The fraction of sp³-hybridized carbons (Fsp3) is 0.308. The molecule has 2 aromatic rings. The van der Waals surface area contributed by atoms with E-state index in [1.165, 1.54) is 0 Å². The maximum absolute atomic E-state index is 9.48. The molecule has 0 unspecified atom stereocenters. The third-order valence-corrected chi connectivity index (χ3v) is 2.63. The normalized spacial score (nSPS) is 10.8. The van der Waals surface area contributed by atoms with Crippen LogP contribution in [0.5, 0.6) is 0 Å². The van der Waals surface area contributed by atoms with Gasteiger partial charge in [-0.3, -0.25) is 4.40 Å². The number of aliphatic hydroxyl groups is 1. The van der Waals surface area contributed by atoms with Crippen molar-refractivity contribution in [2.24, 2.45) is 0 Å². The van der Waals surface area contributed by atoms with E-state index in [0.717, 1.165) is 29.3 Å². The van der Waals surface area contributed by atoms with Crippen molar-refractivity contribution in [3.63, 3.8) is 0 Å². The van der Waals surface area contributed by atoms with Crippen molar-refractivity contribution in [3.8, 4) is 0 Å². The van der Waals surface area contributed by atoms with E-state index in [1.807, 2.05) is 47.7 Å². The molecule has 2 rings (SSSR count). The maximum Gasteiger partial charge on any atom is 0.153 e. The van der Waals surface area contributed by atoms with Crippen LogP contribution in [0.1, 0.15) is 12.6 Å². The van der Waals surface area contributed by atoms with Gasteiger partial charge in [0, 0.05) is 19.8 Å². The molecule has 4 heteroatoms. The van der Waals surface area contributed by atoms with Crippen molar-refractivity contribution in [3.05, 3.63) is 42.2 Å². The van der Waals surface area contributed by atoms with Gasteiger partial charge in [-0.2, -0.15) is 0 Å². The quantitative estimate of drug-likeness (QED) is 0.816. The van der Waals surface area contributed by atoms with Crippen LogP contribution in [0.2, 0.25) is 0 Å². The lowest BCUT2D eigenvalue weighted by Gasteiger charge is -2.17. The second-order valence-corrected chi connectivity index (χ2v) is 4.28. The van der Waals surface area contributed by atoms with Crippen molar-refractivity contribution in [1.29, 1.82) is 0 Å². The van der Waals surface area contributed by atoms with E-state index < -0.39 is 0 Å². The fourth-order valence-corrected chi connectivity index (χ4v) is 1.97. The molecule has 0 spiro atoms. The van der Waals surface area contributed by atoms with Gasteiger partial charge in [0.05, 0.1) is 12.3 Å². The molecular formula is C13H17N3O. The first-order chi connectivity index (χ1) is 8.13. The number of aromatic nitrogens is 2. The minimum absolute atomic E-state index is 0.0267. The van der Waals surface area contributed by atoms with Crippen LogP contribution in [0.25, 0.3) is 5.65 Å². The molecule has 1 N–H and O–H groups in total. The van der Waals surface area contributed by atoms with E-state index in [9.17, 15) is 5.11 Å². The Hall–Kier alpha value is -1.81. The van der Waals surface area contributed by atoms with Crippen LogP contribution >= 0.6 is 0 Å². The molecule has 4 nitrogen and oxygen atoms in total. The number of aliphatic hydroxyl groups excluding tert-OH is 1. The lowest BCUT2D eigenvalue weighted by atomic mass is 10.3. The second kappa shape index (κ2) is 4.59. The zero-order chi connectivity index (χ0) is 12.4. The van der Waals surface area contributed by atoms with Gasteiger partial charge in [0.2, 0.25) is 0 Å². The summed E-state index contributed by atoms with van der Waals surface area (Å²) in [5, 5.41) is 9.48. The van der Waals surface area contributed by atoms with E-state index in [4.69, 9.17) is 0 Å². The lowest BCUT2D eigenvalue weighted by molar-refractivity contribution is 0.276. The van der Waals surface area contributed by atoms with Crippen molar-refractivity contribution in [1.82, 2.24) is 9.38 Å². The summed E-state index contributed by atoms with van der Waals surface area (Å²) in [6.45, 7) is 6.57. The number of hydrogen-bond donors (Lipinski definition) is 1. The largest absolute Gasteiger partial charge is 0.390 e. The van der Waals surface area contributed by atoms with Gasteiger partial charge in [0.15, 0.2) is 5.82 Å². The van der Waals surface area contributed by atoms with E-state index in [1.54, 1.807) is 0 Å². The van der Waals surface area contributed by atoms with Crippen LogP contribution in [0, 0.1) is 0 Å². The van der Waals surface area contributed by atoms with Gasteiger partial charge in [0.25, 0.3) is 0 Å². The highest BCUT2D eigenvalue weighted by atomic mass is 16.3. The van der Waals surface area contributed by atoms with Crippen molar-refractivity contribution >= 4 is 11.5 Å². The molecule has 0 radical (unpaired) electrons. The molecule has 17 heavy (non-hydrogen) atoms. The summed E-state index contributed by atoms with van der Waals surface area (Å²) in [5.74, 6) is 0.807. The van der Waals surface area contributed by atoms with Crippen molar-refractivity contribution in [2.45, 2.75) is 13.5 Å². The Morgan fingerprint density at radius 1 is 1.53 bits per heavy atom. The number of fused-ring (bicyclic) bond motifs is 1. The van der Waals surface area contributed by atoms with Gasteiger partial charge in [-0.25, -0.2) is 4.98 Å². The highest BCUT2D eigenvalue weighted by Crippen LogP contribution is 2.21. The van der Waals surface area contributed by atoms with Crippen LogP contribution in [-0.4, -0.2) is 28.1 Å². The van der Waals surface area contributed by atoms with Gasteiger partial charge >= 0.3 is 0 Å². The maximum atomic E-state index is 9.48. The number of rotatable bonds is 4. The smallest absolute Gasteiger partial charge is 0.153 e. The lowest BCUT2D eigenvalue weighted by Crippen LogP contribution is -2.20. The topological polar surface area (TPSA) is 40.8 Å². The number of hydrogen-bond acceptors (Lipinski definition) is 3. The molecule has 0 bridgehead atoms. The zero-order valence-electron chi connectivity index (χ0n) is 10.2. The molecule has 0 amide bonds. The Bertz CT molecular complexity index is 545. The fourth-order valence-electron chi connectivity index (χ4n) is 1.97. The molecule has 0 atom stereocenters. The molecule has 0 fully saturated rings. The molecule has 90 valence electrons. The number of likely N-dealkylation sites (N-methyl/N-ethyl adjacent to an activating group) is 1. The van der Waals surface area contributed by atoms with E-state index in [2.05, 4.69) is 11.6 Å². The third-order valence-electron chi connectivity index (χ3n) is 2.63. The van der Waals surface area contributed by atoms with Crippen LogP contribution in [-0.2, 0) is 6.61 Å². The SMILES string of the molecule is C=C(C)CN(C)c1nc2ccccn2c1CO. The molecule has 2 aromatic heterocycles. The molecular weight excluding hydrogens is 214 g/mol. The zero-order valence-corrected chi connectivity index (χ0v) is 10.2. The molecule has 0 aliphatic heterocycles. The number of imidazole rings is 1. The summed E-state index contributed by atoms with van der Waals surface area (Å²) in [6.07, 6.45) is 1.91. The molecule has 2 heterocycles. The predicted octanol–water partition coefficient (Wildman–Crippen LogP) is 1.84. The average molecular weight is 231 g/mol. The Balaban J connectivity index is 2.49. The minimum Gasteiger partial charge on any atom is -0.390 e. The second-order valence-electron chi connectivity index (χ2n) is 4.28. The molecule has 0 aliphatic rings. The van der Waals surface area contributed by atoms with Crippen molar-refractivity contribution in [2.75, 3.05) is 18.5 Å². The Kier molecular flexibility index (Phi) is 3.15. The molecule has 0 aliphatic carbocycles. The van der Waals surface area contributed by atoms with Gasteiger partial charge < -0.3 is 10.0 Å². The Labute approximate surface area is 101 Å². The van der Waals surface area contributed by atoms with Gasteiger partial charge in [0.1, 0.15) is 5.65 Å². The first-order valence-corrected chi connectivity index (χ1v) is 5.56. The van der Waals surface area contributed by atoms with Crippen LogP contribution < -0.4 is 4.90 Å². The average Bonchev–Trinajstić information content (AvgIpc) is 2.66. The molecule has 0 saturated heterocycles. The highest BCUT2D eigenvalue weighted by molar-refractivity contribution is 5.55. The van der Waals surface area contributed by atoms with Gasteiger partial charge in [-0.15, -0.1) is 0 Å². The third kappa shape index (κ3) is 2.17. The minimum atomic E-state index is -0.0267. The summed E-state index contributed by atoms with van der Waals surface area (Å²) in [4.78, 5) is 6.53. The molecule has 0 aromatic carbocycles. The van der Waals surface area contributed by atoms with E-state index in [-0.39, 0.29) is 6.61 Å². The first-order valence-electron chi connectivity index (χ1n) is 5.56. The number of anilines is 1. The predicted molar refractivity (Wildman–Crippen MR) is 69.2 cm³/mol. The van der Waals surface area contributed by atoms with Gasteiger partial charge in [-0.1, -0.05) is 18.2 Å². The standard InChI is InChI=1S/C13H17N3O/c1-10(2)8-15(3)13-11(9-17)16-7-5-4-6-12(16)14-13/h4-7,17H,1,8-9H2,2-3H3. The van der Waals surface area contributed by atoms with E-state index >= 15 is 0 Å². The Morgan fingerprint density at radius 2 is 2.29 bits per heavy atom. The van der Waals surface area contributed by atoms with Gasteiger partial charge in [-0.05, 0) is 19.1 Å². The van der Waals surface area contributed by atoms with E-state index in [0.29, 0.717) is 0 Å². The van der Waals surface area contributed by atoms with Crippen LogP contribution in [0.4, 0.5) is 5.82 Å². The summed E-state index contributed by atoms with van der Waals surface area (Å²) in [6, 6.07) is 5.79. The summed E-state index contributed by atoms with van der Waals surface area (Å²) >= 11 is 0.